The summed E-state index contributed by atoms with van der Waals surface area (Å²) in [4.78, 5) is 0. The van der Waals surface area contributed by atoms with Crippen LogP contribution in [0.25, 0.3) is 120 Å². The minimum Gasteiger partial charge on any atom is -0.192 e. The van der Waals surface area contributed by atoms with Gasteiger partial charge in [-0.1, -0.05) is 158 Å². The molecular formula is C56H30N2. The van der Waals surface area contributed by atoms with Gasteiger partial charge in [0, 0.05) is 0 Å². The summed E-state index contributed by atoms with van der Waals surface area (Å²) in [6, 6.07) is 69.8. The summed E-state index contributed by atoms with van der Waals surface area (Å²) in [5.74, 6) is 0. The van der Waals surface area contributed by atoms with Crippen LogP contribution in [-0.2, 0) is 0 Å². The van der Waals surface area contributed by atoms with Gasteiger partial charge in [0.25, 0.3) is 0 Å². The predicted octanol–water partition coefficient (Wildman–Crippen LogP) is 15.0. The summed E-state index contributed by atoms with van der Waals surface area (Å²) in [6.07, 6.45) is 0. The van der Waals surface area contributed by atoms with Crippen LogP contribution < -0.4 is 0 Å². The first kappa shape index (κ1) is 32.2. The highest BCUT2D eigenvalue weighted by atomic mass is 14.3. The molecule has 0 aliphatic heterocycles. The molecule has 12 rings (SSSR count). The van der Waals surface area contributed by atoms with E-state index >= 15 is 0 Å². The minimum atomic E-state index is 0.479. The lowest BCUT2D eigenvalue weighted by molar-refractivity contribution is 1.44. The molecule has 0 spiro atoms. The van der Waals surface area contributed by atoms with Crippen molar-refractivity contribution in [2.45, 2.75) is 0 Å². The predicted molar refractivity (Wildman–Crippen MR) is 243 cm³/mol. The first-order valence-electron chi connectivity index (χ1n) is 19.6. The van der Waals surface area contributed by atoms with Crippen molar-refractivity contribution < 1.29 is 0 Å². The second kappa shape index (κ2) is 12.2. The fourth-order valence-corrected chi connectivity index (χ4v) is 10.1. The Bertz CT molecular complexity index is 3740. The molecule has 0 atom stereocenters. The summed E-state index contributed by atoms with van der Waals surface area (Å²) in [5.41, 5.74) is 9.87. The standard InChI is InChI=1S/C56H30N2/c57-31-33-24-25-39(38(28-33)32-58)36-16-9-17-37(29-36)40-26-27-47-52-43(40)20-10-23-46(52)56-51(35-14-5-2-6-15-35)54-45-22-11-21-44-41-18-7-8-19-42(41)48(53(44)45)30-49(54)50(55(47)56)34-12-3-1-4-13-34/h1-30H. The Morgan fingerprint density at radius 3 is 1.52 bits per heavy atom. The lowest BCUT2D eigenvalue weighted by Crippen LogP contribution is -1.91. The van der Waals surface area contributed by atoms with Gasteiger partial charge in [-0.25, -0.2) is 0 Å². The van der Waals surface area contributed by atoms with E-state index in [0.29, 0.717) is 11.1 Å². The molecule has 0 radical (unpaired) electrons. The highest BCUT2D eigenvalue weighted by Crippen LogP contribution is 2.55. The van der Waals surface area contributed by atoms with Crippen LogP contribution >= 0.6 is 0 Å². The first-order chi connectivity index (χ1) is 28.7. The summed E-state index contributed by atoms with van der Waals surface area (Å²) < 4.78 is 0. The van der Waals surface area contributed by atoms with Crippen molar-refractivity contribution in [3.05, 3.63) is 193 Å². The third-order valence-electron chi connectivity index (χ3n) is 12.4. The highest BCUT2D eigenvalue weighted by Gasteiger charge is 2.27. The van der Waals surface area contributed by atoms with E-state index in [1.54, 1.807) is 12.1 Å². The van der Waals surface area contributed by atoms with Crippen molar-refractivity contribution in [2.24, 2.45) is 0 Å². The molecule has 264 valence electrons. The first-order valence-corrected chi connectivity index (χ1v) is 19.6. The topological polar surface area (TPSA) is 47.6 Å². The quantitative estimate of drug-likeness (QED) is 0.169. The Kier molecular flexibility index (Phi) is 6.80. The van der Waals surface area contributed by atoms with Crippen molar-refractivity contribution in [3.8, 4) is 56.6 Å². The molecule has 0 amide bonds. The number of nitrogens with zero attached hydrogens (tertiary/aromatic N) is 2. The Morgan fingerprint density at radius 2 is 0.793 bits per heavy atom. The second-order valence-corrected chi connectivity index (χ2v) is 15.3. The molecule has 0 heterocycles. The van der Waals surface area contributed by atoms with Gasteiger partial charge in [0.2, 0.25) is 0 Å². The lowest BCUT2D eigenvalue weighted by Gasteiger charge is -2.19. The minimum absolute atomic E-state index is 0.479. The number of benzene rings is 10. The molecule has 0 aromatic heterocycles. The van der Waals surface area contributed by atoms with Crippen LogP contribution in [-0.4, -0.2) is 0 Å². The Labute approximate surface area is 334 Å². The molecule has 12 aromatic rings. The van der Waals surface area contributed by atoms with E-state index < -0.39 is 0 Å². The molecule has 0 saturated heterocycles. The van der Waals surface area contributed by atoms with E-state index in [0.717, 1.165) is 22.3 Å². The molecule has 2 heteroatoms. The zero-order valence-corrected chi connectivity index (χ0v) is 31.2. The molecule has 58 heavy (non-hydrogen) atoms. The molecule has 12 aromatic carbocycles. The van der Waals surface area contributed by atoms with Crippen molar-refractivity contribution in [1.82, 2.24) is 0 Å². The van der Waals surface area contributed by atoms with Crippen molar-refractivity contribution in [3.63, 3.8) is 0 Å². The van der Waals surface area contributed by atoms with Gasteiger partial charge in [0.15, 0.2) is 0 Å². The molecule has 0 saturated carbocycles. The van der Waals surface area contributed by atoms with Crippen LogP contribution in [0.1, 0.15) is 11.1 Å². The number of rotatable bonds is 4. The molecule has 0 unspecified atom stereocenters. The van der Waals surface area contributed by atoms with Crippen LogP contribution in [0.3, 0.4) is 0 Å². The van der Waals surface area contributed by atoms with Crippen molar-refractivity contribution >= 4 is 75.4 Å². The van der Waals surface area contributed by atoms with Crippen LogP contribution in [0.15, 0.2) is 182 Å². The van der Waals surface area contributed by atoms with E-state index in [2.05, 4.69) is 170 Å². The molecular weight excluding hydrogens is 701 g/mol. The van der Waals surface area contributed by atoms with Crippen LogP contribution in [0, 0.1) is 22.7 Å². The van der Waals surface area contributed by atoms with Gasteiger partial charge in [-0.2, -0.15) is 10.5 Å². The monoisotopic (exact) mass is 730 g/mol. The van der Waals surface area contributed by atoms with Crippen LogP contribution in [0.4, 0.5) is 0 Å². The normalized spacial score (nSPS) is 11.8. The Hall–Kier alpha value is -8.04. The van der Waals surface area contributed by atoms with Gasteiger partial charge in [0.05, 0.1) is 23.3 Å². The third-order valence-corrected chi connectivity index (χ3v) is 12.4. The summed E-state index contributed by atoms with van der Waals surface area (Å²) in [5, 5.41) is 37.3. The highest BCUT2D eigenvalue weighted by molar-refractivity contribution is 6.45. The fourth-order valence-electron chi connectivity index (χ4n) is 10.1. The summed E-state index contributed by atoms with van der Waals surface area (Å²) in [7, 11) is 0. The van der Waals surface area contributed by atoms with E-state index in [-0.39, 0.29) is 0 Å². The van der Waals surface area contributed by atoms with Gasteiger partial charge in [0.1, 0.15) is 0 Å². The zero-order valence-electron chi connectivity index (χ0n) is 31.2. The number of fused-ring (bicyclic) bond motifs is 8. The average Bonchev–Trinajstić information content (AvgIpc) is 3.80. The van der Waals surface area contributed by atoms with Crippen molar-refractivity contribution in [2.75, 3.05) is 0 Å². The molecule has 0 fully saturated rings. The van der Waals surface area contributed by atoms with E-state index in [1.807, 2.05) is 12.1 Å². The molecule has 0 bridgehead atoms. The maximum atomic E-state index is 10.0. The van der Waals surface area contributed by atoms with Gasteiger partial charge in [-0.15, -0.1) is 0 Å². The maximum Gasteiger partial charge on any atom is 0.0998 e. The smallest absolute Gasteiger partial charge is 0.0998 e. The average molecular weight is 731 g/mol. The SMILES string of the molecule is N#Cc1ccc(-c2cccc(-c3ccc4c5c(-c6ccccc6)c6cc7c8ccccc8c8cccc(c6c(-c6ccccc6)c5c5cccc3c45)c87)c2)c(C#N)c1. The Morgan fingerprint density at radius 1 is 0.276 bits per heavy atom. The second-order valence-electron chi connectivity index (χ2n) is 15.3. The van der Waals surface area contributed by atoms with Gasteiger partial charge in [-0.3, -0.25) is 0 Å². The van der Waals surface area contributed by atoms with Crippen LogP contribution in [0.2, 0.25) is 0 Å². The van der Waals surface area contributed by atoms with E-state index in [9.17, 15) is 10.5 Å². The molecule has 0 aliphatic rings. The zero-order chi connectivity index (χ0) is 38.5. The van der Waals surface area contributed by atoms with Gasteiger partial charge >= 0.3 is 0 Å². The molecule has 2 nitrogen and oxygen atoms in total. The van der Waals surface area contributed by atoms with E-state index in [4.69, 9.17) is 0 Å². The largest absolute Gasteiger partial charge is 0.192 e. The molecule has 0 N–H and O–H groups in total. The van der Waals surface area contributed by atoms with Gasteiger partial charge < -0.3 is 0 Å². The van der Waals surface area contributed by atoms with E-state index in [1.165, 1.54) is 97.7 Å². The molecule has 0 aliphatic carbocycles. The number of hydrogen-bond acceptors (Lipinski definition) is 2. The Balaban J connectivity index is 1.26. The third kappa shape index (κ3) is 4.40. The summed E-state index contributed by atoms with van der Waals surface area (Å²) >= 11 is 0. The fraction of sp³-hybridized carbons (Fsp3) is 0. The maximum absolute atomic E-state index is 10.0. The van der Waals surface area contributed by atoms with Gasteiger partial charge in [-0.05, 0) is 144 Å². The number of hydrogen-bond donors (Lipinski definition) is 0. The lowest BCUT2D eigenvalue weighted by atomic mass is 9.84. The van der Waals surface area contributed by atoms with Crippen molar-refractivity contribution in [1.29, 1.82) is 10.5 Å². The number of nitriles is 2. The summed E-state index contributed by atoms with van der Waals surface area (Å²) in [6.45, 7) is 0. The van der Waals surface area contributed by atoms with Crippen LogP contribution in [0.5, 0.6) is 0 Å².